The number of carbonyl (C=O) groups is 2. The molecule has 1 aliphatic rings. The van der Waals surface area contributed by atoms with Gasteiger partial charge in [-0.25, -0.2) is 0 Å². The topological polar surface area (TPSA) is 58.2 Å². The molecule has 4 heteroatoms. The fourth-order valence-electron chi connectivity index (χ4n) is 2.88. The lowest BCUT2D eigenvalue weighted by Gasteiger charge is -2.08. The van der Waals surface area contributed by atoms with Crippen molar-refractivity contribution in [1.82, 2.24) is 5.32 Å². The fraction of sp³-hybridized carbons (Fsp3) is 0.333. The van der Waals surface area contributed by atoms with Gasteiger partial charge >= 0.3 is 0 Å². The molecular weight excluding hydrogens is 312 g/mol. The van der Waals surface area contributed by atoms with Crippen LogP contribution in [0.25, 0.3) is 0 Å². The van der Waals surface area contributed by atoms with Crippen LogP contribution in [0.15, 0.2) is 54.6 Å². The molecule has 25 heavy (non-hydrogen) atoms. The summed E-state index contributed by atoms with van der Waals surface area (Å²) in [6, 6.07) is 17.7. The molecular formula is C21H24N2O2. The Bertz CT molecular complexity index is 738. The van der Waals surface area contributed by atoms with Gasteiger partial charge in [0, 0.05) is 12.2 Å². The molecule has 0 saturated heterocycles. The maximum Gasteiger partial charge on any atom is 0.228 e. The Hall–Kier alpha value is -2.62. The lowest BCUT2D eigenvalue weighted by atomic mass is 10.0. The molecule has 2 amide bonds. The highest BCUT2D eigenvalue weighted by Crippen LogP contribution is 2.39. The third kappa shape index (κ3) is 4.47. The summed E-state index contributed by atoms with van der Waals surface area (Å²) in [7, 11) is 0. The number of amides is 2. The van der Waals surface area contributed by atoms with Crippen LogP contribution in [-0.4, -0.2) is 11.8 Å². The van der Waals surface area contributed by atoms with E-state index in [9.17, 15) is 9.59 Å². The fourth-order valence-corrected chi connectivity index (χ4v) is 2.88. The zero-order valence-corrected chi connectivity index (χ0v) is 14.7. The summed E-state index contributed by atoms with van der Waals surface area (Å²) in [5, 5.41) is 5.82. The van der Waals surface area contributed by atoms with E-state index in [1.54, 1.807) is 0 Å². The van der Waals surface area contributed by atoms with E-state index >= 15 is 0 Å². The van der Waals surface area contributed by atoms with Gasteiger partial charge in [-0.2, -0.15) is 0 Å². The summed E-state index contributed by atoms with van der Waals surface area (Å²) in [4.78, 5) is 24.5. The first-order valence-corrected chi connectivity index (χ1v) is 8.77. The lowest BCUT2D eigenvalue weighted by molar-refractivity contribution is -0.125. The maximum atomic E-state index is 12.3. The molecule has 0 bridgehead atoms. The van der Waals surface area contributed by atoms with Gasteiger partial charge in [-0.15, -0.1) is 0 Å². The van der Waals surface area contributed by atoms with Crippen LogP contribution in [0.2, 0.25) is 0 Å². The molecule has 130 valence electrons. The van der Waals surface area contributed by atoms with Crippen molar-refractivity contribution >= 4 is 17.5 Å². The molecule has 0 aliphatic heterocycles. The number of rotatable bonds is 6. The number of hydrogen-bond acceptors (Lipinski definition) is 2. The van der Waals surface area contributed by atoms with Crippen LogP contribution < -0.4 is 10.6 Å². The van der Waals surface area contributed by atoms with E-state index in [1.165, 1.54) is 5.56 Å². The minimum Gasteiger partial charge on any atom is -0.352 e. The van der Waals surface area contributed by atoms with Crippen molar-refractivity contribution in [2.75, 3.05) is 5.32 Å². The second kappa shape index (κ2) is 7.51. The van der Waals surface area contributed by atoms with E-state index in [0.29, 0.717) is 18.9 Å². The zero-order valence-electron chi connectivity index (χ0n) is 14.7. The summed E-state index contributed by atoms with van der Waals surface area (Å²) in [5.74, 6) is -0.0820. The quantitative estimate of drug-likeness (QED) is 0.845. The second-order valence-corrected chi connectivity index (χ2v) is 6.92. The normalized spacial score (nSPS) is 18.7. The molecule has 2 unspecified atom stereocenters. The first-order valence-electron chi connectivity index (χ1n) is 8.77. The highest BCUT2D eigenvalue weighted by molar-refractivity contribution is 5.99. The zero-order chi connectivity index (χ0) is 17.8. The minimum absolute atomic E-state index is 0.0424. The number of anilines is 1. The van der Waals surface area contributed by atoms with E-state index in [4.69, 9.17) is 0 Å². The molecule has 2 aromatic rings. The average molecular weight is 336 g/mol. The van der Waals surface area contributed by atoms with Crippen molar-refractivity contribution in [2.45, 2.75) is 32.7 Å². The summed E-state index contributed by atoms with van der Waals surface area (Å²) in [6.45, 7) is 4.77. The van der Waals surface area contributed by atoms with E-state index in [0.717, 1.165) is 11.3 Å². The van der Waals surface area contributed by atoms with Crippen LogP contribution in [0.1, 0.15) is 37.3 Å². The molecule has 3 rings (SSSR count). The molecule has 2 N–H and O–H groups in total. The molecule has 2 aromatic carbocycles. The van der Waals surface area contributed by atoms with Crippen LogP contribution in [0.4, 0.5) is 5.69 Å². The van der Waals surface area contributed by atoms with Crippen molar-refractivity contribution in [3.05, 3.63) is 65.7 Å². The number of nitrogens with one attached hydrogen (secondary N) is 2. The van der Waals surface area contributed by atoms with E-state index in [1.807, 2.05) is 54.6 Å². The van der Waals surface area contributed by atoms with Gasteiger partial charge in [-0.1, -0.05) is 56.3 Å². The van der Waals surface area contributed by atoms with Crippen molar-refractivity contribution in [3.8, 4) is 0 Å². The number of benzene rings is 2. The molecule has 4 nitrogen and oxygen atoms in total. The largest absolute Gasteiger partial charge is 0.352 e. The Morgan fingerprint density at radius 1 is 0.960 bits per heavy atom. The van der Waals surface area contributed by atoms with Gasteiger partial charge in [0.15, 0.2) is 0 Å². The number of hydrogen-bond donors (Lipinski definition) is 2. The summed E-state index contributed by atoms with van der Waals surface area (Å²) in [6.07, 6.45) is 0.622. The second-order valence-electron chi connectivity index (χ2n) is 6.92. The Labute approximate surface area is 148 Å². The van der Waals surface area contributed by atoms with Crippen molar-refractivity contribution in [2.24, 2.45) is 11.8 Å². The molecule has 1 saturated carbocycles. The van der Waals surface area contributed by atoms with Crippen molar-refractivity contribution < 1.29 is 9.59 Å². The molecule has 1 aliphatic carbocycles. The third-order valence-corrected chi connectivity index (χ3v) is 4.62. The van der Waals surface area contributed by atoms with Gasteiger partial charge in [0.1, 0.15) is 0 Å². The summed E-state index contributed by atoms with van der Waals surface area (Å²) < 4.78 is 0. The molecule has 0 spiro atoms. The minimum atomic E-state index is -0.222. The standard InChI is InChI=1S/C21H24N2O2/c1-14(2)16-8-10-17(11-9-16)23-21(25)19-12-18(19)20(24)22-13-15-6-4-3-5-7-15/h3-11,14,18-19H,12-13H2,1-2H3,(H,22,24)(H,23,25). The van der Waals surface area contributed by atoms with E-state index in [-0.39, 0.29) is 23.7 Å². The van der Waals surface area contributed by atoms with Crippen molar-refractivity contribution in [3.63, 3.8) is 0 Å². The molecule has 2 atom stereocenters. The summed E-state index contributed by atoms with van der Waals surface area (Å²) >= 11 is 0. The van der Waals surface area contributed by atoms with Crippen LogP contribution >= 0.6 is 0 Å². The third-order valence-electron chi connectivity index (χ3n) is 4.62. The smallest absolute Gasteiger partial charge is 0.228 e. The highest BCUT2D eigenvalue weighted by atomic mass is 16.2. The highest BCUT2D eigenvalue weighted by Gasteiger charge is 2.47. The Balaban J connectivity index is 1.47. The van der Waals surface area contributed by atoms with Crippen LogP contribution in [0.3, 0.4) is 0 Å². The predicted octanol–water partition coefficient (Wildman–Crippen LogP) is 3.70. The SMILES string of the molecule is CC(C)c1ccc(NC(=O)C2CC2C(=O)NCc2ccccc2)cc1. The average Bonchev–Trinajstić information content (AvgIpc) is 3.42. The molecule has 0 radical (unpaired) electrons. The number of carbonyl (C=O) groups excluding carboxylic acids is 2. The van der Waals surface area contributed by atoms with E-state index in [2.05, 4.69) is 24.5 Å². The van der Waals surface area contributed by atoms with Gasteiger partial charge in [-0.05, 0) is 35.6 Å². The van der Waals surface area contributed by atoms with Gasteiger partial charge in [0.05, 0.1) is 11.8 Å². The monoisotopic (exact) mass is 336 g/mol. The first kappa shape index (κ1) is 17.2. The van der Waals surface area contributed by atoms with Gasteiger partial charge in [0.2, 0.25) is 11.8 Å². The Morgan fingerprint density at radius 2 is 1.60 bits per heavy atom. The lowest BCUT2D eigenvalue weighted by Crippen LogP contribution is -2.27. The van der Waals surface area contributed by atoms with Gasteiger partial charge in [-0.3, -0.25) is 9.59 Å². The van der Waals surface area contributed by atoms with E-state index < -0.39 is 0 Å². The maximum absolute atomic E-state index is 12.3. The predicted molar refractivity (Wildman–Crippen MR) is 99.0 cm³/mol. The first-order chi connectivity index (χ1) is 12.0. The molecule has 1 fully saturated rings. The molecule has 0 aromatic heterocycles. The van der Waals surface area contributed by atoms with Crippen LogP contribution in [0, 0.1) is 11.8 Å². The summed E-state index contributed by atoms with van der Waals surface area (Å²) in [5.41, 5.74) is 3.08. The Morgan fingerprint density at radius 3 is 2.24 bits per heavy atom. The van der Waals surface area contributed by atoms with Crippen LogP contribution in [0.5, 0.6) is 0 Å². The Kier molecular flexibility index (Phi) is 5.17. The molecule has 0 heterocycles. The van der Waals surface area contributed by atoms with Crippen molar-refractivity contribution in [1.29, 1.82) is 0 Å². The van der Waals surface area contributed by atoms with Gasteiger partial charge in [0.25, 0.3) is 0 Å². The van der Waals surface area contributed by atoms with Gasteiger partial charge < -0.3 is 10.6 Å². The van der Waals surface area contributed by atoms with Crippen LogP contribution in [-0.2, 0) is 16.1 Å².